The minimum atomic E-state index is -4.61. The average molecular weight is 368 g/mol. The Morgan fingerprint density at radius 1 is 1.19 bits per heavy atom. The third-order valence-electron chi connectivity index (χ3n) is 3.97. The molecule has 0 aliphatic rings. The summed E-state index contributed by atoms with van der Waals surface area (Å²) >= 11 is 0. The number of halogens is 3. The molecule has 0 aliphatic carbocycles. The van der Waals surface area contributed by atoms with Gasteiger partial charge in [0, 0.05) is 25.7 Å². The molecule has 26 heavy (non-hydrogen) atoms. The summed E-state index contributed by atoms with van der Waals surface area (Å²) in [5, 5.41) is 13.8. The molecule has 6 nitrogen and oxygen atoms in total. The van der Waals surface area contributed by atoms with Gasteiger partial charge in [-0.05, 0) is 18.1 Å². The molecule has 0 saturated heterocycles. The number of anilines is 1. The van der Waals surface area contributed by atoms with Crippen molar-refractivity contribution in [2.45, 2.75) is 26.1 Å². The Morgan fingerprint density at radius 2 is 1.85 bits per heavy atom. The van der Waals surface area contributed by atoms with Gasteiger partial charge in [0.25, 0.3) is 5.82 Å². The number of nitrogens with zero attached hydrogens (tertiary/aromatic N) is 5. The molecule has 1 N–H and O–H groups in total. The van der Waals surface area contributed by atoms with Crippen LogP contribution in [-0.2, 0) is 6.18 Å². The first-order valence-electron chi connectivity index (χ1n) is 8.27. The van der Waals surface area contributed by atoms with Crippen LogP contribution in [0, 0.1) is 5.92 Å². The van der Waals surface area contributed by atoms with Gasteiger partial charge in [-0.25, -0.2) is 0 Å². The molecule has 1 unspecified atom stereocenters. The van der Waals surface area contributed by atoms with Crippen molar-refractivity contribution in [1.29, 1.82) is 0 Å². The van der Waals surface area contributed by atoms with Crippen molar-refractivity contribution in [2.24, 2.45) is 5.92 Å². The maximum absolute atomic E-state index is 13.0. The van der Waals surface area contributed by atoms with E-state index in [2.05, 4.69) is 52.5 Å². The predicted molar refractivity (Wildman–Crippen MR) is 94.9 cm³/mol. The highest BCUT2D eigenvalue weighted by molar-refractivity contribution is 5.44. The second kappa shape index (κ2) is 8.31. The molecular weight excluding hydrogens is 345 g/mol. The Hall–Kier alpha value is -2.42. The number of nitrogens with one attached hydrogen (secondary N) is 1. The van der Waals surface area contributed by atoms with Gasteiger partial charge in [-0.1, -0.05) is 26.0 Å². The van der Waals surface area contributed by atoms with Crippen molar-refractivity contribution >= 4 is 11.5 Å². The Bertz CT molecular complexity index is 743. The summed E-state index contributed by atoms with van der Waals surface area (Å²) in [6.07, 6.45) is -0.984. The van der Waals surface area contributed by atoms with Gasteiger partial charge >= 0.3 is 6.18 Å². The van der Waals surface area contributed by atoms with Gasteiger partial charge in [-0.2, -0.15) is 17.7 Å². The third kappa shape index (κ3) is 4.60. The number of hydrogen-bond donors (Lipinski definition) is 1. The van der Waals surface area contributed by atoms with E-state index in [4.69, 9.17) is 0 Å². The molecule has 0 bridgehead atoms. The fourth-order valence-corrected chi connectivity index (χ4v) is 2.73. The highest BCUT2D eigenvalue weighted by Gasteiger charge is 2.37. The molecule has 0 radical (unpaired) electrons. The fraction of sp³-hybridized carbons (Fsp3) is 0.471. The summed E-state index contributed by atoms with van der Waals surface area (Å²) < 4.78 is 39.6. The largest absolute Gasteiger partial charge is 0.453 e. The normalized spacial score (nSPS) is 13.3. The maximum Gasteiger partial charge on any atom is 0.453 e. The predicted octanol–water partition coefficient (Wildman–Crippen LogP) is 3.25. The summed E-state index contributed by atoms with van der Waals surface area (Å²) in [5.41, 5.74) is 0.0447. The quantitative estimate of drug-likeness (QED) is 0.689. The number of hydrogen-bond acceptors (Lipinski definition) is 5. The van der Waals surface area contributed by atoms with E-state index < -0.39 is 12.0 Å². The lowest BCUT2D eigenvalue weighted by Crippen LogP contribution is -2.44. The molecule has 0 fully saturated rings. The van der Waals surface area contributed by atoms with E-state index in [-0.39, 0.29) is 11.7 Å². The summed E-state index contributed by atoms with van der Waals surface area (Å²) in [5.74, 6) is -0.506. The fourth-order valence-electron chi connectivity index (χ4n) is 2.73. The van der Waals surface area contributed by atoms with Gasteiger partial charge in [0.1, 0.15) is 5.82 Å². The van der Waals surface area contributed by atoms with Crippen molar-refractivity contribution < 1.29 is 13.2 Å². The summed E-state index contributed by atoms with van der Waals surface area (Å²) in [7, 11) is 0. The van der Waals surface area contributed by atoms with E-state index in [1.807, 2.05) is 12.2 Å². The smallest absolute Gasteiger partial charge is 0.367 e. The van der Waals surface area contributed by atoms with Crippen LogP contribution in [0.15, 0.2) is 37.4 Å². The zero-order valence-electron chi connectivity index (χ0n) is 14.9. The van der Waals surface area contributed by atoms with Crippen molar-refractivity contribution in [2.75, 3.05) is 25.0 Å². The topological polar surface area (TPSA) is 58.3 Å². The molecule has 1 atom stereocenters. The van der Waals surface area contributed by atoms with Crippen molar-refractivity contribution in [1.82, 2.24) is 24.7 Å². The lowest BCUT2D eigenvalue weighted by molar-refractivity contribution is -0.146. The molecule has 2 aromatic heterocycles. The number of fused-ring (bicyclic) bond motifs is 1. The van der Waals surface area contributed by atoms with Crippen molar-refractivity contribution in [3.8, 4) is 0 Å². The lowest BCUT2D eigenvalue weighted by atomic mass is 10.0. The number of alkyl halides is 3. The van der Waals surface area contributed by atoms with E-state index in [0.717, 1.165) is 0 Å². The lowest BCUT2D eigenvalue weighted by Gasteiger charge is -2.33. The second-order valence-corrected chi connectivity index (χ2v) is 6.23. The Balaban J connectivity index is 2.20. The molecule has 2 aromatic rings. The highest BCUT2D eigenvalue weighted by atomic mass is 19.4. The first kappa shape index (κ1) is 19.9. The van der Waals surface area contributed by atoms with E-state index in [1.165, 1.54) is 6.07 Å². The van der Waals surface area contributed by atoms with Crippen LogP contribution in [0.2, 0.25) is 0 Å². The van der Waals surface area contributed by atoms with E-state index in [0.29, 0.717) is 35.9 Å². The molecule has 0 saturated carbocycles. The number of rotatable bonds is 9. The Kier molecular flexibility index (Phi) is 6.36. The summed E-state index contributed by atoms with van der Waals surface area (Å²) in [6.45, 7) is 13.6. The molecule has 142 valence electrons. The Labute approximate surface area is 150 Å². The van der Waals surface area contributed by atoms with Crippen molar-refractivity contribution in [3.05, 3.63) is 43.3 Å². The van der Waals surface area contributed by atoms with Crippen LogP contribution in [0.25, 0.3) is 5.65 Å². The molecule has 0 aliphatic heterocycles. The highest BCUT2D eigenvalue weighted by Crippen LogP contribution is 2.27. The molecule has 0 aromatic carbocycles. The monoisotopic (exact) mass is 368 g/mol. The molecule has 0 amide bonds. The zero-order valence-corrected chi connectivity index (χ0v) is 14.9. The van der Waals surface area contributed by atoms with Crippen LogP contribution in [-0.4, -0.2) is 50.4 Å². The average Bonchev–Trinajstić information content (AvgIpc) is 2.98. The van der Waals surface area contributed by atoms with Crippen LogP contribution in [0.5, 0.6) is 0 Å². The van der Waals surface area contributed by atoms with Crippen LogP contribution in [0.3, 0.4) is 0 Å². The van der Waals surface area contributed by atoms with Gasteiger partial charge in [0.15, 0.2) is 5.65 Å². The van der Waals surface area contributed by atoms with Crippen molar-refractivity contribution in [3.63, 3.8) is 0 Å². The van der Waals surface area contributed by atoms with E-state index in [9.17, 15) is 13.2 Å². The van der Waals surface area contributed by atoms with Gasteiger partial charge in [-0.3, -0.25) is 4.90 Å². The number of aromatic nitrogens is 4. The molecule has 2 rings (SSSR count). The Morgan fingerprint density at radius 3 is 2.38 bits per heavy atom. The summed E-state index contributed by atoms with van der Waals surface area (Å²) in [6, 6.07) is 3.17. The van der Waals surface area contributed by atoms with Crippen LogP contribution in [0.4, 0.5) is 19.0 Å². The molecular formula is C17H23F3N6. The van der Waals surface area contributed by atoms with E-state index in [1.54, 1.807) is 6.07 Å². The van der Waals surface area contributed by atoms with E-state index >= 15 is 0 Å². The standard InChI is InChI=1S/C17H23F3N6/c1-5-9-25(10-6-2)13(12(3)4)11-21-14-7-8-15-22-23-16(17(18,19)20)26(15)24-14/h5-8,12-13H,1-2,9-11H2,3-4H3,(H,21,24). The first-order chi connectivity index (χ1) is 12.3. The second-order valence-electron chi connectivity index (χ2n) is 6.23. The van der Waals surface area contributed by atoms with Gasteiger partial charge in [-0.15, -0.1) is 28.5 Å². The first-order valence-corrected chi connectivity index (χ1v) is 8.27. The van der Waals surface area contributed by atoms with Gasteiger partial charge in [0.2, 0.25) is 0 Å². The SMILES string of the molecule is C=CCN(CC=C)C(CNc1ccc2nnc(C(F)(F)F)n2n1)C(C)C. The zero-order chi connectivity index (χ0) is 19.3. The molecule has 9 heteroatoms. The minimum absolute atomic E-state index is 0.0447. The molecule has 2 heterocycles. The minimum Gasteiger partial charge on any atom is -0.367 e. The van der Waals surface area contributed by atoms with Crippen LogP contribution < -0.4 is 5.32 Å². The molecule has 0 spiro atoms. The van der Waals surface area contributed by atoms with Crippen LogP contribution in [0.1, 0.15) is 19.7 Å². The van der Waals surface area contributed by atoms with Gasteiger partial charge in [0.05, 0.1) is 0 Å². The van der Waals surface area contributed by atoms with Crippen LogP contribution >= 0.6 is 0 Å². The maximum atomic E-state index is 13.0. The van der Waals surface area contributed by atoms with Gasteiger partial charge < -0.3 is 5.32 Å². The summed E-state index contributed by atoms with van der Waals surface area (Å²) in [4.78, 5) is 2.19. The third-order valence-corrected chi connectivity index (χ3v) is 3.97.